The number of nitrogens with zero attached hydrogens (tertiary/aromatic N) is 3. The number of H-pyrrole nitrogens is 1. The number of hydrogen-bond donors (Lipinski definition) is 2. The molecule has 0 amide bonds. The smallest absolute Gasteiger partial charge is 0.207 e. The summed E-state index contributed by atoms with van der Waals surface area (Å²) in [5.74, 6) is -0.152. The summed E-state index contributed by atoms with van der Waals surface area (Å²) in [5.41, 5.74) is 6.42. The van der Waals surface area contributed by atoms with Crippen LogP contribution in [0, 0.1) is 5.82 Å². The van der Waals surface area contributed by atoms with E-state index in [1.165, 1.54) is 6.07 Å². The first-order chi connectivity index (χ1) is 6.81. The van der Waals surface area contributed by atoms with Gasteiger partial charge in [-0.25, -0.2) is 4.39 Å². The zero-order valence-electron chi connectivity index (χ0n) is 7.24. The van der Waals surface area contributed by atoms with Crippen LogP contribution in [0.2, 0.25) is 0 Å². The first kappa shape index (κ1) is 8.76. The molecule has 0 aliphatic heterocycles. The Bertz CT molecular complexity index is 425. The normalized spacial score (nSPS) is 10.4. The van der Waals surface area contributed by atoms with E-state index >= 15 is 0 Å². The molecule has 1 heterocycles. The molecule has 0 spiro atoms. The molecule has 5 nitrogen and oxygen atoms in total. The molecule has 72 valence electrons. The van der Waals surface area contributed by atoms with Crippen molar-refractivity contribution in [3.05, 3.63) is 29.6 Å². The number of rotatable bonds is 2. The van der Waals surface area contributed by atoms with Crippen LogP contribution in [0.3, 0.4) is 0 Å². The maximum Gasteiger partial charge on any atom is 0.207 e. The van der Waals surface area contributed by atoms with Crippen molar-refractivity contribution in [2.75, 3.05) is 0 Å². The lowest BCUT2D eigenvalue weighted by atomic mass is 10.1. The number of benzene rings is 1. The number of nitrogens with two attached hydrogens (primary N) is 1. The van der Waals surface area contributed by atoms with Gasteiger partial charge in [0.25, 0.3) is 0 Å². The van der Waals surface area contributed by atoms with Gasteiger partial charge in [0.2, 0.25) is 5.82 Å². The predicted molar refractivity (Wildman–Crippen MR) is 47.5 cm³/mol. The average Bonchev–Trinajstić information content (AvgIpc) is 2.70. The molecule has 0 bridgehead atoms. The SMILES string of the molecule is NCc1ccc(-c2nn[nH]n2)c(F)c1. The van der Waals surface area contributed by atoms with Crippen molar-refractivity contribution >= 4 is 0 Å². The second-order valence-electron chi connectivity index (χ2n) is 2.75. The molecule has 6 heteroatoms. The van der Waals surface area contributed by atoms with Gasteiger partial charge in [-0.05, 0) is 22.9 Å². The van der Waals surface area contributed by atoms with Crippen LogP contribution in [0.4, 0.5) is 4.39 Å². The standard InChI is InChI=1S/C8H8FN5/c9-7-3-5(4-10)1-2-6(7)8-11-13-14-12-8/h1-3H,4,10H2,(H,11,12,13,14). The number of nitrogens with one attached hydrogen (secondary N) is 1. The molecule has 1 aromatic heterocycles. The van der Waals surface area contributed by atoms with Gasteiger partial charge < -0.3 is 5.73 Å². The minimum absolute atomic E-state index is 0.242. The van der Waals surface area contributed by atoms with Gasteiger partial charge in [-0.15, -0.1) is 10.2 Å². The Balaban J connectivity index is 2.46. The zero-order chi connectivity index (χ0) is 9.97. The van der Waals surface area contributed by atoms with Crippen LogP contribution in [-0.2, 0) is 6.54 Å². The van der Waals surface area contributed by atoms with Gasteiger partial charge in [0.1, 0.15) is 5.82 Å². The molecule has 0 saturated heterocycles. The maximum atomic E-state index is 13.4. The average molecular weight is 193 g/mol. The van der Waals surface area contributed by atoms with Gasteiger partial charge in [0, 0.05) is 6.54 Å². The molecule has 0 atom stereocenters. The molecule has 3 N–H and O–H groups in total. The molecule has 1 aromatic carbocycles. The summed E-state index contributed by atoms with van der Waals surface area (Å²) in [6.07, 6.45) is 0. The molecule has 0 fully saturated rings. The summed E-state index contributed by atoms with van der Waals surface area (Å²) < 4.78 is 13.4. The van der Waals surface area contributed by atoms with Gasteiger partial charge in [0.05, 0.1) is 5.56 Å². The van der Waals surface area contributed by atoms with Crippen molar-refractivity contribution < 1.29 is 4.39 Å². The van der Waals surface area contributed by atoms with E-state index in [2.05, 4.69) is 20.6 Å². The Morgan fingerprint density at radius 3 is 2.86 bits per heavy atom. The van der Waals surface area contributed by atoms with Crippen LogP contribution in [0.15, 0.2) is 18.2 Å². The van der Waals surface area contributed by atoms with E-state index in [1.54, 1.807) is 12.1 Å². The molecule has 0 aliphatic rings. The van der Waals surface area contributed by atoms with Gasteiger partial charge in [-0.1, -0.05) is 6.07 Å². The molecule has 0 saturated carbocycles. The second kappa shape index (κ2) is 3.51. The molecule has 2 rings (SSSR count). The third-order valence-electron chi connectivity index (χ3n) is 1.86. The van der Waals surface area contributed by atoms with Crippen molar-refractivity contribution in [2.45, 2.75) is 6.54 Å². The summed E-state index contributed by atoms with van der Waals surface area (Å²) in [6, 6.07) is 4.68. The molecular weight excluding hydrogens is 185 g/mol. The van der Waals surface area contributed by atoms with Crippen molar-refractivity contribution in [3.63, 3.8) is 0 Å². The molecule has 0 radical (unpaired) electrons. The van der Waals surface area contributed by atoms with E-state index in [-0.39, 0.29) is 5.82 Å². The lowest BCUT2D eigenvalue weighted by Gasteiger charge is -2.00. The highest BCUT2D eigenvalue weighted by molar-refractivity contribution is 5.55. The Morgan fingerprint density at radius 2 is 2.29 bits per heavy atom. The first-order valence-electron chi connectivity index (χ1n) is 4.03. The number of aromatic nitrogens is 4. The minimum atomic E-state index is -0.394. The van der Waals surface area contributed by atoms with Crippen molar-refractivity contribution in [3.8, 4) is 11.4 Å². The van der Waals surface area contributed by atoms with Crippen LogP contribution in [0.1, 0.15) is 5.56 Å². The lowest BCUT2D eigenvalue weighted by Crippen LogP contribution is -1.97. The number of aromatic amines is 1. The van der Waals surface area contributed by atoms with Gasteiger partial charge in [-0.2, -0.15) is 5.21 Å². The third kappa shape index (κ3) is 1.47. The third-order valence-corrected chi connectivity index (χ3v) is 1.86. The molecule has 0 aliphatic carbocycles. The van der Waals surface area contributed by atoms with E-state index in [1.807, 2.05) is 0 Å². The van der Waals surface area contributed by atoms with Crippen LogP contribution in [0.5, 0.6) is 0 Å². The number of hydrogen-bond acceptors (Lipinski definition) is 4. The maximum absolute atomic E-state index is 13.4. The Labute approximate surface area is 79.1 Å². The summed E-state index contributed by atoms with van der Waals surface area (Å²) in [5, 5.41) is 13.0. The van der Waals surface area contributed by atoms with Gasteiger partial charge in [0.15, 0.2) is 0 Å². The monoisotopic (exact) mass is 193 g/mol. The van der Waals surface area contributed by atoms with Crippen LogP contribution in [-0.4, -0.2) is 20.6 Å². The van der Waals surface area contributed by atoms with E-state index in [9.17, 15) is 4.39 Å². The van der Waals surface area contributed by atoms with Crippen LogP contribution in [0.25, 0.3) is 11.4 Å². The quantitative estimate of drug-likeness (QED) is 0.726. The zero-order valence-corrected chi connectivity index (χ0v) is 7.24. The van der Waals surface area contributed by atoms with Crippen LogP contribution >= 0.6 is 0 Å². The molecule has 0 unspecified atom stereocenters. The summed E-state index contributed by atoms with van der Waals surface area (Å²) in [4.78, 5) is 0. The number of tetrazole rings is 1. The van der Waals surface area contributed by atoms with E-state index < -0.39 is 5.82 Å². The topological polar surface area (TPSA) is 80.5 Å². The summed E-state index contributed by atoms with van der Waals surface area (Å²) in [6.45, 7) is 0.309. The fourth-order valence-electron chi connectivity index (χ4n) is 1.14. The second-order valence-corrected chi connectivity index (χ2v) is 2.75. The highest BCUT2D eigenvalue weighted by Gasteiger charge is 2.09. The summed E-state index contributed by atoms with van der Waals surface area (Å²) >= 11 is 0. The summed E-state index contributed by atoms with van der Waals surface area (Å²) in [7, 11) is 0. The fraction of sp³-hybridized carbons (Fsp3) is 0.125. The highest BCUT2D eigenvalue weighted by Crippen LogP contribution is 2.18. The highest BCUT2D eigenvalue weighted by atomic mass is 19.1. The lowest BCUT2D eigenvalue weighted by molar-refractivity contribution is 0.627. The predicted octanol–water partition coefficient (Wildman–Crippen LogP) is 0.464. The molecule has 2 aromatic rings. The Kier molecular flexibility index (Phi) is 2.19. The van der Waals surface area contributed by atoms with Crippen molar-refractivity contribution in [2.24, 2.45) is 5.73 Å². The van der Waals surface area contributed by atoms with E-state index in [0.29, 0.717) is 12.1 Å². The molecule has 14 heavy (non-hydrogen) atoms. The molecular formula is C8H8FN5. The largest absolute Gasteiger partial charge is 0.326 e. The van der Waals surface area contributed by atoms with Crippen LogP contribution < -0.4 is 5.73 Å². The fourth-order valence-corrected chi connectivity index (χ4v) is 1.14. The Morgan fingerprint density at radius 1 is 1.43 bits per heavy atom. The van der Waals surface area contributed by atoms with Gasteiger partial charge in [-0.3, -0.25) is 0 Å². The van der Waals surface area contributed by atoms with Gasteiger partial charge >= 0.3 is 0 Å². The van der Waals surface area contributed by atoms with Crippen molar-refractivity contribution in [1.29, 1.82) is 0 Å². The van der Waals surface area contributed by atoms with E-state index in [0.717, 1.165) is 5.56 Å². The minimum Gasteiger partial charge on any atom is -0.326 e. The Hall–Kier alpha value is -1.82. The van der Waals surface area contributed by atoms with Crippen molar-refractivity contribution in [1.82, 2.24) is 20.6 Å². The first-order valence-corrected chi connectivity index (χ1v) is 4.03. The van der Waals surface area contributed by atoms with E-state index in [4.69, 9.17) is 5.73 Å². The number of halogens is 1.